The van der Waals surface area contributed by atoms with Crippen LogP contribution in [0.15, 0.2) is 11.6 Å². The normalized spacial score (nSPS) is 52.0. The summed E-state index contributed by atoms with van der Waals surface area (Å²) in [6.45, 7) is 7.55. The molecule has 3 fully saturated rings. The van der Waals surface area contributed by atoms with Gasteiger partial charge in [-0.05, 0) is 99.8 Å². The fraction of sp³-hybridized carbons (Fsp3) is 0.909. The van der Waals surface area contributed by atoms with Crippen molar-refractivity contribution in [3.8, 4) is 0 Å². The molecule has 24 heavy (non-hydrogen) atoms. The second-order valence-corrected chi connectivity index (χ2v) is 9.96. The molecular formula is C22H37NO. The Kier molecular flexibility index (Phi) is 4.16. The summed E-state index contributed by atoms with van der Waals surface area (Å²) in [6.07, 6.45) is 12.6. The molecule has 4 aliphatic carbocycles. The number of hydrogen-bond acceptors (Lipinski definition) is 2. The smallest absolute Gasteiger partial charge is 0.0577 e. The Morgan fingerprint density at radius 1 is 1.12 bits per heavy atom. The molecule has 8 atom stereocenters. The van der Waals surface area contributed by atoms with Crippen LogP contribution in [0.1, 0.15) is 72.1 Å². The van der Waals surface area contributed by atoms with Gasteiger partial charge in [-0.1, -0.05) is 25.5 Å². The van der Waals surface area contributed by atoms with Crippen LogP contribution in [0, 0.1) is 34.5 Å². The van der Waals surface area contributed by atoms with E-state index in [0.29, 0.717) is 16.9 Å². The highest BCUT2D eigenvalue weighted by Crippen LogP contribution is 2.66. The Morgan fingerprint density at radius 3 is 2.67 bits per heavy atom. The molecule has 0 bridgehead atoms. The van der Waals surface area contributed by atoms with E-state index in [1.807, 2.05) is 0 Å². The summed E-state index contributed by atoms with van der Waals surface area (Å²) >= 11 is 0. The van der Waals surface area contributed by atoms with Crippen molar-refractivity contribution in [3.63, 3.8) is 0 Å². The van der Waals surface area contributed by atoms with Crippen LogP contribution in [0.3, 0.4) is 0 Å². The topological polar surface area (TPSA) is 32.3 Å². The van der Waals surface area contributed by atoms with E-state index in [4.69, 9.17) is 0 Å². The lowest BCUT2D eigenvalue weighted by Crippen LogP contribution is -2.52. The minimum absolute atomic E-state index is 0.0814. The fourth-order valence-electron chi connectivity index (χ4n) is 7.70. The number of hydrogen-bond donors (Lipinski definition) is 2. The van der Waals surface area contributed by atoms with Gasteiger partial charge in [-0.25, -0.2) is 0 Å². The van der Waals surface area contributed by atoms with Crippen molar-refractivity contribution in [1.29, 1.82) is 0 Å². The third kappa shape index (κ3) is 2.28. The van der Waals surface area contributed by atoms with E-state index < -0.39 is 0 Å². The van der Waals surface area contributed by atoms with E-state index in [1.165, 1.54) is 38.5 Å². The van der Waals surface area contributed by atoms with Crippen molar-refractivity contribution in [2.45, 2.75) is 84.3 Å². The molecular weight excluding hydrogens is 294 g/mol. The summed E-state index contributed by atoms with van der Waals surface area (Å²) in [5.74, 6) is 3.52. The highest BCUT2D eigenvalue weighted by atomic mass is 16.3. The third-order valence-corrected chi connectivity index (χ3v) is 9.21. The molecule has 136 valence electrons. The molecule has 2 N–H and O–H groups in total. The van der Waals surface area contributed by atoms with Crippen LogP contribution in [0.2, 0.25) is 0 Å². The minimum atomic E-state index is -0.0814. The first-order valence-electron chi connectivity index (χ1n) is 10.4. The maximum Gasteiger partial charge on any atom is 0.0577 e. The monoisotopic (exact) mass is 331 g/mol. The molecule has 0 spiro atoms. The average molecular weight is 332 g/mol. The highest BCUT2D eigenvalue weighted by Gasteiger charge is 2.59. The predicted molar refractivity (Wildman–Crippen MR) is 99.7 cm³/mol. The van der Waals surface area contributed by atoms with Crippen molar-refractivity contribution in [2.24, 2.45) is 34.5 Å². The standard InChI is InChI=1S/C22H37NO/c1-14(23-4)18-7-8-19-17-6-5-15-13-16(24)9-11-21(15,2)20(17)10-12-22(18,19)3/h5,14,16-20,23-24H,6-13H2,1-4H3/t14?,16?,17?,18-,19?,20?,21?,22?/m1/s1. The molecule has 0 aliphatic heterocycles. The van der Waals surface area contributed by atoms with Crippen molar-refractivity contribution in [1.82, 2.24) is 5.32 Å². The Morgan fingerprint density at radius 2 is 1.92 bits per heavy atom. The third-order valence-electron chi connectivity index (χ3n) is 9.21. The summed E-state index contributed by atoms with van der Waals surface area (Å²) in [5.41, 5.74) is 2.53. The molecule has 0 saturated heterocycles. The maximum atomic E-state index is 10.1. The van der Waals surface area contributed by atoms with E-state index in [2.05, 4.69) is 39.2 Å². The predicted octanol–water partition coefficient (Wildman–Crippen LogP) is 4.53. The Labute approximate surface area is 148 Å². The van der Waals surface area contributed by atoms with Crippen LogP contribution in [0.5, 0.6) is 0 Å². The number of allylic oxidation sites excluding steroid dienone is 1. The number of fused-ring (bicyclic) bond motifs is 5. The molecule has 0 aromatic heterocycles. The van der Waals surface area contributed by atoms with E-state index in [1.54, 1.807) is 5.57 Å². The van der Waals surface area contributed by atoms with Gasteiger partial charge in [0.05, 0.1) is 6.10 Å². The lowest BCUT2D eigenvalue weighted by molar-refractivity contribution is -0.0532. The summed E-state index contributed by atoms with van der Waals surface area (Å²) in [6, 6.07) is 0.645. The molecule has 2 nitrogen and oxygen atoms in total. The van der Waals surface area contributed by atoms with Gasteiger partial charge in [-0.15, -0.1) is 0 Å². The maximum absolute atomic E-state index is 10.1. The largest absolute Gasteiger partial charge is 0.393 e. The number of aliphatic hydroxyl groups is 1. The van der Waals surface area contributed by atoms with Gasteiger partial charge in [0.25, 0.3) is 0 Å². The van der Waals surface area contributed by atoms with Gasteiger partial charge in [0.1, 0.15) is 0 Å². The molecule has 4 aliphatic rings. The first-order chi connectivity index (χ1) is 11.4. The van der Waals surface area contributed by atoms with Crippen molar-refractivity contribution in [3.05, 3.63) is 11.6 Å². The van der Waals surface area contributed by atoms with Crippen molar-refractivity contribution < 1.29 is 5.11 Å². The molecule has 4 rings (SSSR count). The first-order valence-corrected chi connectivity index (χ1v) is 10.4. The number of nitrogens with one attached hydrogen (secondary N) is 1. The van der Waals surface area contributed by atoms with Gasteiger partial charge < -0.3 is 10.4 Å². The SMILES string of the molecule is CNC(C)[C@H]1CCC2C3CC=C4CC(O)CCC4(C)C3CCC21C. The van der Waals surface area contributed by atoms with Gasteiger partial charge in [0, 0.05) is 6.04 Å². The number of rotatable bonds is 2. The van der Waals surface area contributed by atoms with Crippen LogP contribution < -0.4 is 5.32 Å². The van der Waals surface area contributed by atoms with Gasteiger partial charge >= 0.3 is 0 Å². The second-order valence-electron chi connectivity index (χ2n) is 9.96. The molecule has 3 saturated carbocycles. The van der Waals surface area contributed by atoms with Crippen molar-refractivity contribution in [2.75, 3.05) is 7.05 Å². The van der Waals surface area contributed by atoms with Crippen LogP contribution in [0.4, 0.5) is 0 Å². The van der Waals surface area contributed by atoms with E-state index in [9.17, 15) is 5.11 Å². The zero-order chi connectivity index (χ0) is 17.1. The van der Waals surface area contributed by atoms with E-state index in [0.717, 1.165) is 36.5 Å². The minimum Gasteiger partial charge on any atom is -0.393 e. The lowest BCUT2D eigenvalue weighted by Gasteiger charge is -2.58. The van der Waals surface area contributed by atoms with Crippen LogP contribution in [0.25, 0.3) is 0 Å². The molecule has 7 unspecified atom stereocenters. The molecule has 0 radical (unpaired) electrons. The number of aliphatic hydroxyl groups excluding tert-OH is 1. The first kappa shape index (κ1) is 17.1. The zero-order valence-corrected chi connectivity index (χ0v) is 16.1. The van der Waals surface area contributed by atoms with Gasteiger partial charge in [-0.2, -0.15) is 0 Å². The lowest BCUT2D eigenvalue weighted by atomic mass is 9.47. The van der Waals surface area contributed by atoms with Gasteiger partial charge in [0.15, 0.2) is 0 Å². The summed E-state index contributed by atoms with van der Waals surface area (Å²) in [4.78, 5) is 0. The van der Waals surface area contributed by atoms with E-state index >= 15 is 0 Å². The van der Waals surface area contributed by atoms with Crippen molar-refractivity contribution >= 4 is 0 Å². The average Bonchev–Trinajstić information content (AvgIpc) is 2.92. The summed E-state index contributed by atoms with van der Waals surface area (Å²) in [5, 5.41) is 13.7. The van der Waals surface area contributed by atoms with Crippen LogP contribution >= 0.6 is 0 Å². The fourth-order valence-corrected chi connectivity index (χ4v) is 7.70. The summed E-state index contributed by atoms with van der Waals surface area (Å²) in [7, 11) is 2.14. The molecule has 0 aromatic carbocycles. The Balaban J connectivity index is 1.63. The van der Waals surface area contributed by atoms with Gasteiger partial charge in [0.2, 0.25) is 0 Å². The van der Waals surface area contributed by atoms with Crippen LogP contribution in [-0.4, -0.2) is 24.3 Å². The molecule has 0 heterocycles. The highest BCUT2D eigenvalue weighted by molar-refractivity contribution is 5.25. The Hall–Kier alpha value is -0.340. The van der Waals surface area contributed by atoms with E-state index in [-0.39, 0.29) is 6.10 Å². The molecule has 2 heteroatoms. The van der Waals surface area contributed by atoms with Crippen LogP contribution in [-0.2, 0) is 0 Å². The summed E-state index contributed by atoms with van der Waals surface area (Å²) < 4.78 is 0. The second kappa shape index (κ2) is 5.84. The van der Waals surface area contributed by atoms with Gasteiger partial charge in [-0.3, -0.25) is 0 Å². The quantitative estimate of drug-likeness (QED) is 0.728. The molecule has 0 aromatic rings. The zero-order valence-electron chi connectivity index (χ0n) is 16.1. The molecule has 0 amide bonds. The Bertz CT molecular complexity index is 528.